The van der Waals surface area contributed by atoms with Crippen LogP contribution in [0.1, 0.15) is 6.42 Å². The molecule has 1 aromatic rings. The molecule has 1 aromatic carbocycles. The summed E-state index contributed by atoms with van der Waals surface area (Å²) >= 11 is 5.87. The van der Waals surface area contributed by atoms with Crippen LogP contribution < -0.4 is 16.0 Å². The van der Waals surface area contributed by atoms with Gasteiger partial charge in [0.05, 0.1) is 13.1 Å². The Bertz CT molecular complexity index is 583. The molecule has 120 valence electrons. The second-order valence-corrected chi connectivity index (χ2v) is 5.53. The van der Waals surface area contributed by atoms with Crippen molar-refractivity contribution in [3.8, 4) is 0 Å². The average molecular weight is 332 g/mol. The van der Waals surface area contributed by atoms with E-state index in [0.717, 1.165) is 0 Å². The number of anilines is 1. The van der Waals surface area contributed by atoms with E-state index in [0.29, 0.717) is 17.3 Å². The summed E-state index contributed by atoms with van der Waals surface area (Å²) in [7, 11) is 0. The van der Waals surface area contributed by atoms with E-state index in [2.05, 4.69) is 5.32 Å². The first-order valence-electron chi connectivity index (χ1n) is 6.76. The lowest BCUT2D eigenvalue weighted by molar-refractivity contribution is -0.133. The Hall–Kier alpha value is -1.73. The minimum Gasteiger partial charge on any atom is -0.349 e. The number of nitrogens with zero attached hydrogens (tertiary/aromatic N) is 1. The molecule has 1 saturated heterocycles. The van der Waals surface area contributed by atoms with Crippen molar-refractivity contribution < 1.29 is 18.4 Å². The zero-order valence-electron chi connectivity index (χ0n) is 11.7. The summed E-state index contributed by atoms with van der Waals surface area (Å²) in [6.07, 6.45) is 0.269. The molecule has 0 aliphatic carbocycles. The van der Waals surface area contributed by atoms with Crippen LogP contribution in [0.2, 0.25) is 5.02 Å². The highest BCUT2D eigenvalue weighted by atomic mass is 35.5. The van der Waals surface area contributed by atoms with E-state index in [1.54, 1.807) is 24.3 Å². The molecule has 1 heterocycles. The Balaban J connectivity index is 2.00. The van der Waals surface area contributed by atoms with Gasteiger partial charge in [0.1, 0.15) is 5.92 Å². The van der Waals surface area contributed by atoms with Gasteiger partial charge in [-0.05, 0) is 24.6 Å². The third-order valence-electron chi connectivity index (χ3n) is 3.46. The third-order valence-corrected chi connectivity index (χ3v) is 3.70. The summed E-state index contributed by atoms with van der Waals surface area (Å²) in [6.45, 7) is -1.39. The van der Waals surface area contributed by atoms with E-state index in [-0.39, 0.29) is 6.42 Å². The molecule has 1 atom stereocenters. The van der Waals surface area contributed by atoms with E-state index in [1.165, 1.54) is 4.90 Å². The van der Waals surface area contributed by atoms with Gasteiger partial charge >= 0.3 is 0 Å². The summed E-state index contributed by atoms with van der Waals surface area (Å²) in [5, 5.41) is 2.56. The van der Waals surface area contributed by atoms with Gasteiger partial charge in [-0.25, -0.2) is 8.78 Å². The van der Waals surface area contributed by atoms with Gasteiger partial charge in [-0.3, -0.25) is 9.59 Å². The summed E-state index contributed by atoms with van der Waals surface area (Å²) in [5.41, 5.74) is 5.48. The van der Waals surface area contributed by atoms with Crippen molar-refractivity contribution in [2.75, 3.05) is 24.5 Å². The molecule has 2 amide bonds. The van der Waals surface area contributed by atoms with E-state index in [1.807, 2.05) is 0 Å². The molecule has 1 aliphatic heterocycles. The van der Waals surface area contributed by atoms with Gasteiger partial charge in [0, 0.05) is 17.3 Å². The van der Waals surface area contributed by atoms with Crippen molar-refractivity contribution in [2.45, 2.75) is 12.3 Å². The van der Waals surface area contributed by atoms with Gasteiger partial charge < -0.3 is 16.0 Å². The predicted molar refractivity (Wildman–Crippen MR) is 78.9 cm³/mol. The number of carbonyl (C=O) groups excluding carboxylic acids is 2. The van der Waals surface area contributed by atoms with Crippen LogP contribution >= 0.6 is 11.6 Å². The molecule has 0 saturated carbocycles. The van der Waals surface area contributed by atoms with E-state index in [9.17, 15) is 18.4 Å². The van der Waals surface area contributed by atoms with Gasteiger partial charge in [0.25, 0.3) is 5.92 Å². The topological polar surface area (TPSA) is 75.4 Å². The Morgan fingerprint density at radius 1 is 1.50 bits per heavy atom. The van der Waals surface area contributed by atoms with Gasteiger partial charge in [-0.2, -0.15) is 0 Å². The van der Waals surface area contributed by atoms with Crippen LogP contribution in [0.5, 0.6) is 0 Å². The standard InChI is InChI=1S/C14H16ClF2N3O2/c15-9-2-1-3-10(6-9)20-5-4-11(13(20)22)12(21)19-8-14(16,17)7-18/h1-3,6,11H,4-5,7-8,18H2,(H,19,21). The van der Waals surface area contributed by atoms with Crippen molar-refractivity contribution in [3.05, 3.63) is 29.3 Å². The molecule has 8 heteroatoms. The van der Waals surface area contributed by atoms with Crippen LogP contribution in [0.15, 0.2) is 24.3 Å². The SMILES string of the molecule is NCC(F)(F)CNC(=O)C1CCN(c2cccc(Cl)c2)C1=O. The number of halogens is 3. The molecule has 1 unspecified atom stereocenters. The predicted octanol–water partition coefficient (Wildman–Crippen LogP) is 1.40. The van der Waals surface area contributed by atoms with Crippen LogP contribution in [-0.4, -0.2) is 37.4 Å². The number of carbonyl (C=O) groups is 2. The smallest absolute Gasteiger partial charge is 0.277 e. The van der Waals surface area contributed by atoms with Gasteiger partial charge in [0.2, 0.25) is 11.8 Å². The number of hydrogen-bond acceptors (Lipinski definition) is 3. The molecule has 2 rings (SSSR count). The quantitative estimate of drug-likeness (QED) is 0.801. The molecule has 22 heavy (non-hydrogen) atoms. The molecular formula is C14H16ClF2N3O2. The maximum Gasteiger partial charge on any atom is 0.277 e. The maximum atomic E-state index is 13.0. The van der Waals surface area contributed by atoms with Crippen LogP contribution in [-0.2, 0) is 9.59 Å². The Kier molecular flexibility index (Phi) is 4.97. The molecule has 5 nitrogen and oxygen atoms in total. The zero-order chi connectivity index (χ0) is 16.3. The van der Waals surface area contributed by atoms with Gasteiger partial charge in [-0.15, -0.1) is 0 Å². The monoisotopic (exact) mass is 331 g/mol. The van der Waals surface area contributed by atoms with E-state index in [4.69, 9.17) is 17.3 Å². The molecular weight excluding hydrogens is 316 g/mol. The normalized spacial score (nSPS) is 18.6. The summed E-state index contributed by atoms with van der Waals surface area (Å²) in [4.78, 5) is 25.6. The molecule has 0 radical (unpaired) electrons. The van der Waals surface area contributed by atoms with Gasteiger partial charge in [0.15, 0.2) is 0 Å². The Morgan fingerprint density at radius 3 is 2.86 bits per heavy atom. The molecule has 1 fully saturated rings. The molecule has 0 bridgehead atoms. The second kappa shape index (κ2) is 6.58. The van der Waals surface area contributed by atoms with E-state index < -0.39 is 36.7 Å². The fourth-order valence-corrected chi connectivity index (χ4v) is 2.42. The van der Waals surface area contributed by atoms with Crippen molar-refractivity contribution in [1.29, 1.82) is 0 Å². The number of rotatable bonds is 5. The lowest BCUT2D eigenvalue weighted by atomic mass is 10.1. The van der Waals surface area contributed by atoms with Crippen molar-refractivity contribution in [1.82, 2.24) is 5.32 Å². The lowest BCUT2D eigenvalue weighted by Gasteiger charge is -2.18. The largest absolute Gasteiger partial charge is 0.349 e. The molecule has 0 aromatic heterocycles. The highest BCUT2D eigenvalue weighted by molar-refractivity contribution is 6.31. The second-order valence-electron chi connectivity index (χ2n) is 5.09. The number of amides is 2. The number of benzene rings is 1. The first kappa shape index (κ1) is 16.6. The summed E-state index contributed by atoms with van der Waals surface area (Å²) in [6, 6.07) is 6.68. The summed E-state index contributed by atoms with van der Waals surface area (Å²) in [5.74, 6) is -5.27. The first-order valence-corrected chi connectivity index (χ1v) is 7.14. The van der Waals surface area contributed by atoms with Crippen LogP contribution in [0.4, 0.5) is 14.5 Å². The average Bonchev–Trinajstić information content (AvgIpc) is 2.87. The number of hydrogen-bond donors (Lipinski definition) is 2. The number of nitrogens with two attached hydrogens (primary N) is 1. The molecule has 1 aliphatic rings. The maximum absolute atomic E-state index is 13.0. The lowest BCUT2D eigenvalue weighted by Crippen LogP contribution is -2.45. The third kappa shape index (κ3) is 3.72. The zero-order valence-corrected chi connectivity index (χ0v) is 12.4. The number of nitrogens with one attached hydrogen (secondary N) is 1. The highest BCUT2D eigenvalue weighted by Crippen LogP contribution is 2.27. The minimum atomic E-state index is -3.18. The fraction of sp³-hybridized carbons (Fsp3) is 0.429. The van der Waals surface area contributed by atoms with Crippen molar-refractivity contribution >= 4 is 29.1 Å². The van der Waals surface area contributed by atoms with E-state index >= 15 is 0 Å². The van der Waals surface area contributed by atoms with Crippen LogP contribution in [0.3, 0.4) is 0 Å². The highest BCUT2D eigenvalue weighted by Gasteiger charge is 2.38. The molecule has 3 N–H and O–H groups in total. The van der Waals surface area contributed by atoms with Crippen molar-refractivity contribution in [3.63, 3.8) is 0 Å². The van der Waals surface area contributed by atoms with Crippen LogP contribution in [0, 0.1) is 5.92 Å². The van der Waals surface area contributed by atoms with Crippen LogP contribution in [0.25, 0.3) is 0 Å². The van der Waals surface area contributed by atoms with Gasteiger partial charge in [-0.1, -0.05) is 17.7 Å². The molecule has 0 spiro atoms. The Morgan fingerprint density at radius 2 is 2.23 bits per heavy atom. The Labute approximate surface area is 131 Å². The minimum absolute atomic E-state index is 0.269. The fourth-order valence-electron chi connectivity index (χ4n) is 2.24. The summed E-state index contributed by atoms with van der Waals surface area (Å²) < 4.78 is 26.1. The van der Waals surface area contributed by atoms with Crippen molar-refractivity contribution in [2.24, 2.45) is 11.7 Å². The first-order chi connectivity index (χ1) is 10.3. The number of alkyl halides is 2.